The zero-order valence-corrected chi connectivity index (χ0v) is 19.9. The van der Waals surface area contributed by atoms with Gasteiger partial charge in [-0.15, -0.1) is 0 Å². The molecule has 0 saturated heterocycles. The fourth-order valence-electron chi connectivity index (χ4n) is 4.80. The number of carbonyl (C=O) groups excluding carboxylic acids is 2. The van der Waals surface area contributed by atoms with Crippen LogP contribution in [0.3, 0.4) is 0 Å². The molecule has 1 saturated carbocycles. The van der Waals surface area contributed by atoms with Gasteiger partial charge in [0.15, 0.2) is 0 Å². The molecule has 0 aromatic heterocycles. The van der Waals surface area contributed by atoms with Crippen LogP contribution in [0.2, 0.25) is 0 Å². The summed E-state index contributed by atoms with van der Waals surface area (Å²) in [6, 6.07) is 13.8. The number of hydrogen-bond donors (Lipinski definition) is 2. The first-order chi connectivity index (χ1) is 15.5. The summed E-state index contributed by atoms with van der Waals surface area (Å²) in [4.78, 5) is 27.6. The van der Waals surface area contributed by atoms with E-state index in [1.165, 1.54) is 19.3 Å². The fourth-order valence-corrected chi connectivity index (χ4v) is 5.06. The fraction of sp³-hybridized carbons (Fsp3) is 0.385. The number of anilines is 2. The third-order valence-electron chi connectivity index (χ3n) is 6.59. The number of para-hydroxylation sites is 1. The highest BCUT2D eigenvalue weighted by atomic mass is 79.9. The molecular weight excluding hydrogens is 468 g/mol. The SMILES string of the molecule is CCCCC1CCC(C(O)=C2C(=O)N(C(=O)Nc3ccc(Br)cc3)c3ccccc32)CC1. The van der Waals surface area contributed by atoms with E-state index in [4.69, 9.17) is 0 Å². The Balaban J connectivity index is 1.57. The van der Waals surface area contributed by atoms with Crippen LogP contribution in [0.4, 0.5) is 16.2 Å². The Kier molecular flexibility index (Phi) is 6.99. The summed E-state index contributed by atoms with van der Waals surface area (Å²) >= 11 is 3.38. The van der Waals surface area contributed by atoms with Crippen molar-refractivity contribution in [1.29, 1.82) is 0 Å². The predicted molar refractivity (Wildman–Crippen MR) is 132 cm³/mol. The number of urea groups is 1. The monoisotopic (exact) mass is 496 g/mol. The van der Waals surface area contributed by atoms with Gasteiger partial charge in [-0.1, -0.05) is 60.3 Å². The lowest BCUT2D eigenvalue weighted by Gasteiger charge is -2.28. The number of benzene rings is 2. The first-order valence-corrected chi connectivity index (χ1v) is 12.2. The summed E-state index contributed by atoms with van der Waals surface area (Å²) in [5, 5.41) is 14.0. The number of aliphatic hydroxyl groups is 1. The number of aliphatic hydroxyl groups excluding tert-OH is 1. The lowest BCUT2D eigenvalue weighted by Crippen LogP contribution is -2.37. The van der Waals surface area contributed by atoms with Gasteiger partial charge >= 0.3 is 6.03 Å². The summed E-state index contributed by atoms with van der Waals surface area (Å²) in [6.07, 6.45) is 7.60. The van der Waals surface area contributed by atoms with Crippen molar-refractivity contribution in [3.63, 3.8) is 0 Å². The lowest BCUT2D eigenvalue weighted by atomic mass is 9.78. The second kappa shape index (κ2) is 9.90. The van der Waals surface area contributed by atoms with E-state index in [9.17, 15) is 14.7 Å². The minimum atomic E-state index is -0.532. The van der Waals surface area contributed by atoms with Crippen molar-refractivity contribution in [3.8, 4) is 0 Å². The largest absolute Gasteiger partial charge is 0.511 e. The minimum absolute atomic E-state index is 0.0330. The van der Waals surface area contributed by atoms with Gasteiger partial charge in [0, 0.05) is 21.6 Å². The first kappa shape index (κ1) is 22.6. The van der Waals surface area contributed by atoms with Gasteiger partial charge in [0.2, 0.25) is 0 Å². The number of rotatable bonds is 5. The summed E-state index contributed by atoms with van der Waals surface area (Å²) < 4.78 is 0.901. The molecule has 168 valence electrons. The molecule has 2 aromatic carbocycles. The molecule has 1 aliphatic carbocycles. The van der Waals surface area contributed by atoms with Crippen LogP contribution >= 0.6 is 15.9 Å². The number of carbonyl (C=O) groups is 2. The van der Waals surface area contributed by atoms with E-state index in [1.54, 1.807) is 30.3 Å². The highest BCUT2D eigenvalue weighted by Crippen LogP contribution is 2.43. The molecular formula is C26H29BrN2O3. The van der Waals surface area contributed by atoms with Crippen LogP contribution in [0.5, 0.6) is 0 Å². The number of fused-ring (bicyclic) bond motifs is 1. The molecule has 1 fully saturated rings. The van der Waals surface area contributed by atoms with Gasteiger partial charge in [0.05, 0.1) is 11.3 Å². The molecule has 3 amide bonds. The van der Waals surface area contributed by atoms with Gasteiger partial charge in [-0.3, -0.25) is 4.79 Å². The normalized spacial score (nSPS) is 21.9. The van der Waals surface area contributed by atoms with Crippen LogP contribution in [-0.4, -0.2) is 17.0 Å². The quantitative estimate of drug-likeness (QED) is 0.337. The Morgan fingerprint density at radius 1 is 1.09 bits per heavy atom. The van der Waals surface area contributed by atoms with Crippen molar-refractivity contribution in [2.75, 3.05) is 10.2 Å². The molecule has 0 unspecified atom stereocenters. The van der Waals surface area contributed by atoms with E-state index >= 15 is 0 Å². The second-order valence-corrected chi connectivity index (χ2v) is 9.63. The summed E-state index contributed by atoms with van der Waals surface area (Å²) in [5.74, 6) is 0.347. The summed E-state index contributed by atoms with van der Waals surface area (Å²) in [6.45, 7) is 2.21. The molecule has 0 atom stereocenters. The zero-order chi connectivity index (χ0) is 22.7. The van der Waals surface area contributed by atoms with E-state index in [-0.39, 0.29) is 17.3 Å². The predicted octanol–water partition coefficient (Wildman–Crippen LogP) is 7.29. The third kappa shape index (κ3) is 4.60. The maximum Gasteiger partial charge on any atom is 0.333 e. The van der Waals surface area contributed by atoms with Crippen molar-refractivity contribution < 1.29 is 14.7 Å². The number of halogens is 1. The van der Waals surface area contributed by atoms with Crippen molar-refractivity contribution in [1.82, 2.24) is 0 Å². The highest BCUT2D eigenvalue weighted by Gasteiger charge is 2.40. The molecule has 2 aromatic rings. The standard InChI is InChI=1S/C26H29BrN2O3/c1-2-3-6-17-9-11-18(12-10-17)24(30)23-21-7-4-5-8-22(21)29(25(23)31)26(32)28-20-15-13-19(27)14-16-20/h4-5,7-8,13-18,30H,2-3,6,9-12H2,1H3,(H,28,32). The van der Waals surface area contributed by atoms with Crippen molar-refractivity contribution in [2.24, 2.45) is 11.8 Å². The number of allylic oxidation sites excluding steroid dienone is 1. The van der Waals surface area contributed by atoms with E-state index in [2.05, 4.69) is 28.2 Å². The van der Waals surface area contributed by atoms with Crippen LogP contribution in [0.15, 0.2) is 58.8 Å². The van der Waals surface area contributed by atoms with Crippen LogP contribution in [0.1, 0.15) is 57.4 Å². The van der Waals surface area contributed by atoms with Crippen molar-refractivity contribution >= 4 is 44.8 Å². The van der Waals surface area contributed by atoms with E-state index in [1.807, 2.05) is 18.2 Å². The van der Waals surface area contributed by atoms with Gasteiger partial charge in [-0.2, -0.15) is 0 Å². The molecule has 5 nitrogen and oxygen atoms in total. The Bertz CT molecular complexity index is 1020. The number of unbranched alkanes of at least 4 members (excludes halogenated alkanes) is 1. The average molecular weight is 497 g/mol. The Morgan fingerprint density at radius 2 is 1.78 bits per heavy atom. The number of nitrogens with one attached hydrogen (secondary N) is 1. The zero-order valence-electron chi connectivity index (χ0n) is 18.3. The maximum atomic E-state index is 13.4. The molecule has 32 heavy (non-hydrogen) atoms. The van der Waals surface area contributed by atoms with Gasteiger partial charge < -0.3 is 10.4 Å². The van der Waals surface area contributed by atoms with Crippen LogP contribution in [0.25, 0.3) is 5.57 Å². The van der Waals surface area contributed by atoms with Crippen LogP contribution in [-0.2, 0) is 4.79 Å². The number of imide groups is 1. The van der Waals surface area contributed by atoms with Gasteiger partial charge in [-0.25, -0.2) is 9.69 Å². The number of nitrogens with zero attached hydrogens (tertiary/aromatic N) is 1. The molecule has 0 radical (unpaired) electrons. The molecule has 1 heterocycles. The van der Waals surface area contributed by atoms with Gasteiger partial charge in [0.1, 0.15) is 5.76 Å². The lowest BCUT2D eigenvalue weighted by molar-refractivity contribution is -0.112. The number of amides is 3. The maximum absolute atomic E-state index is 13.4. The molecule has 6 heteroatoms. The summed E-state index contributed by atoms with van der Waals surface area (Å²) in [5.41, 5.74) is 1.98. The van der Waals surface area contributed by atoms with Gasteiger partial charge in [0.25, 0.3) is 5.91 Å². The van der Waals surface area contributed by atoms with Crippen molar-refractivity contribution in [2.45, 2.75) is 51.9 Å². The summed E-state index contributed by atoms with van der Waals surface area (Å²) in [7, 11) is 0. The third-order valence-corrected chi connectivity index (χ3v) is 7.11. The Labute approximate surface area is 197 Å². The molecule has 0 bridgehead atoms. The van der Waals surface area contributed by atoms with Crippen LogP contribution in [0, 0.1) is 11.8 Å². The smallest absolute Gasteiger partial charge is 0.333 e. The topological polar surface area (TPSA) is 69.6 Å². The first-order valence-electron chi connectivity index (χ1n) is 11.4. The Morgan fingerprint density at radius 3 is 2.47 bits per heavy atom. The second-order valence-electron chi connectivity index (χ2n) is 8.71. The molecule has 0 spiro atoms. The van der Waals surface area contributed by atoms with Crippen molar-refractivity contribution in [3.05, 3.63) is 64.3 Å². The Hall–Kier alpha value is -2.60. The van der Waals surface area contributed by atoms with Gasteiger partial charge in [-0.05, 0) is 61.9 Å². The van der Waals surface area contributed by atoms with E-state index in [0.717, 1.165) is 35.1 Å². The minimum Gasteiger partial charge on any atom is -0.511 e. The average Bonchev–Trinajstić information content (AvgIpc) is 3.10. The highest BCUT2D eigenvalue weighted by molar-refractivity contribution is 9.10. The van der Waals surface area contributed by atoms with Crippen LogP contribution < -0.4 is 10.2 Å². The molecule has 4 rings (SSSR count). The van der Waals surface area contributed by atoms with E-state index in [0.29, 0.717) is 22.9 Å². The molecule has 2 aliphatic rings. The van der Waals surface area contributed by atoms with E-state index < -0.39 is 11.9 Å². The molecule has 2 N–H and O–H groups in total. The number of hydrogen-bond acceptors (Lipinski definition) is 3. The molecule has 1 aliphatic heterocycles.